The number of hydrogen-bond donors (Lipinski definition) is 2. The molecule has 0 aromatic carbocycles. The van der Waals surface area contributed by atoms with Crippen molar-refractivity contribution in [2.45, 2.75) is 51.0 Å². The summed E-state index contributed by atoms with van der Waals surface area (Å²) in [4.78, 5) is 11.6. The van der Waals surface area contributed by atoms with Gasteiger partial charge in [-0.1, -0.05) is 12.8 Å². The SMILES string of the molecule is O=C1NCCCCC1NCC1CCCC1. The normalized spacial score (nSPS) is 28.8. The smallest absolute Gasteiger partial charge is 0.237 e. The lowest BCUT2D eigenvalue weighted by atomic mass is 10.1. The first kappa shape index (κ1) is 10.9. The molecule has 0 aromatic heterocycles. The van der Waals surface area contributed by atoms with Crippen molar-refractivity contribution in [1.82, 2.24) is 10.6 Å². The summed E-state index contributed by atoms with van der Waals surface area (Å²) >= 11 is 0. The molecule has 15 heavy (non-hydrogen) atoms. The van der Waals surface area contributed by atoms with Crippen LogP contribution in [0.4, 0.5) is 0 Å². The molecule has 1 atom stereocenters. The van der Waals surface area contributed by atoms with Crippen LogP contribution >= 0.6 is 0 Å². The van der Waals surface area contributed by atoms with Crippen LogP contribution in [-0.2, 0) is 4.79 Å². The summed E-state index contributed by atoms with van der Waals surface area (Å²) < 4.78 is 0. The monoisotopic (exact) mass is 210 g/mol. The van der Waals surface area contributed by atoms with Crippen LogP contribution in [0.5, 0.6) is 0 Å². The molecule has 1 heterocycles. The van der Waals surface area contributed by atoms with Crippen molar-refractivity contribution in [2.24, 2.45) is 5.92 Å². The van der Waals surface area contributed by atoms with E-state index in [4.69, 9.17) is 0 Å². The van der Waals surface area contributed by atoms with Crippen LogP contribution in [0, 0.1) is 5.92 Å². The molecule has 3 nitrogen and oxygen atoms in total. The number of hydrogen-bond acceptors (Lipinski definition) is 2. The van der Waals surface area contributed by atoms with E-state index in [1.807, 2.05) is 0 Å². The molecule has 2 aliphatic rings. The zero-order valence-corrected chi connectivity index (χ0v) is 9.43. The standard InChI is InChI=1S/C12H22N2O/c15-12-11(7-3-4-8-13-12)14-9-10-5-1-2-6-10/h10-11,14H,1-9H2,(H,13,15). The molecule has 2 N–H and O–H groups in total. The van der Waals surface area contributed by atoms with Gasteiger partial charge in [0, 0.05) is 6.54 Å². The van der Waals surface area contributed by atoms with Gasteiger partial charge in [0.25, 0.3) is 0 Å². The third-order valence-corrected chi connectivity index (χ3v) is 3.66. The fourth-order valence-electron chi connectivity index (χ4n) is 2.66. The molecule has 1 aliphatic carbocycles. The summed E-state index contributed by atoms with van der Waals surface area (Å²) in [5, 5.41) is 6.41. The molecule has 1 amide bonds. The van der Waals surface area contributed by atoms with Crippen LogP contribution in [-0.4, -0.2) is 25.0 Å². The highest BCUT2D eigenvalue weighted by atomic mass is 16.2. The Bertz CT molecular complexity index is 212. The van der Waals surface area contributed by atoms with Gasteiger partial charge in [-0.3, -0.25) is 4.79 Å². The van der Waals surface area contributed by atoms with Crippen molar-refractivity contribution < 1.29 is 4.79 Å². The van der Waals surface area contributed by atoms with E-state index in [0.29, 0.717) is 0 Å². The van der Waals surface area contributed by atoms with Crippen molar-refractivity contribution in [3.05, 3.63) is 0 Å². The fourth-order valence-corrected chi connectivity index (χ4v) is 2.66. The van der Waals surface area contributed by atoms with Gasteiger partial charge in [0.05, 0.1) is 6.04 Å². The third kappa shape index (κ3) is 3.20. The summed E-state index contributed by atoms with van der Waals surface area (Å²) in [7, 11) is 0. The van der Waals surface area contributed by atoms with Crippen LogP contribution in [0.3, 0.4) is 0 Å². The zero-order valence-electron chi connectivity index (χ0n) is 9.43. The molecule has 0 bridgehead atoms. The Morgan fingerprint density at radius 1 is 1.13 bits per heavy atom. The maximum absolute atomic E-state index is 11.6. The minimum atomic E-state index is 0.0769. The van der Waals surface area contributed by atoms with Crippen LogP contribution in [0.25, 0.3) is 0 Å². The highest BCUT2D eigenvalue weighted by Crippen LogP contribution is 2.24. The van der Waals surface area contributed by atoms with E-state index in [-0.39, 0.29) is 11.9 Å². The van der Waals surface area contributed by atoms with E-state index in [2.05, 4.69) is 10.6 Å². The molecule has 1 saturated carbocycles. The Kier molecular flexibility index (Phi) is 4.01. The van der Waals surface area contributed by atoms with Gasteiger partial charge in [0.1, 0.15) is 0 Å². The first-order valence-electron chi connectivity index (χ1n) is 6.37. The molecule has 2 rings (SSSR count). The molecule has 0 aromatic rings. The molecule has 0 spiro atoms. The molecule has 86 valence electrons. The topological polar surface area (TPSA) is 41.1 Å². The van der Waals surface area contributed by atoms with Crippen molar-refractivity contribution in [2.75, 3.05) is 13.1 Å². The molecule has 0 radical (unpaired) electrons. The van der Waals surface area contributed by atoms with Gasteiger partial charge < -0.3 is 10.6 Å². The molecule has 1 aliphatic heterocycles. The summed E-state index contributed by atoms with van der Waals surface area (Å²) in [5.74, 6) is 1.03. The van der Waals surface area contributed by atoms with E-state index in [1.165, 1.54) is 32.1 Å². The van der Waals surface area contributed by atoms with Gasteiger partial charge in [-0.15, -0.1) is 0 Å². The van der Waals surface area contributed by atoms with Gasteiger partial charge >= 0.3 is 0 Å². The van der Waals surface area contributed by atoms with Crippen LogP contribution in [0.2, 0.25) is 0 Å². The molecule has 1 unspecified atom stereocenters. The summed E-state index contributed by atoms with van der Waals surface area (Å²) in [6, 6.07) is 0.0769. The van der Waals surface area contributed by atoms with Gasteiger partial charge in [-0.2, -0.15) is 0 Å². The van der Waals surface area contributed by atoms with Crippen LogP contribution in [0.15, 0.2) is 0 Å². The van der Waals surface area contributed by atoms with Crippen molar-refractivity contribution >= 4 is 5.91 Å². The van der Waals surface area contributed by atoms with Crippen LogP contribution in [0.1, 0.15) is 44.9 Å². The zero-order chi connectivity index (χ0) is 10.5. The van der Waals surface area contributed by atoms with Crippen LogP contribution < -0.4 is 10.6 Å². The molecular weight excluding hydrogens is 188 g/mol. The van der Waals surface area contributed by atoms with Gasteiger partial charge in [-0.05, 0) is 44.6 Å². The average molecular weight is 210 g/mol. The highest BCUT2D eigenvalue weighted by Gasteiger charge is 2.22. The second kappa shape index (κ2) is 5.50. The number of rotatable bonds is 3. The van der Waals surface area contributed by atoms with Crippen molar-refractivity contribution in [3.63, 3.8) is 0 Å². The maximum Gasteiger partial charge on any atom is 0.237 e. The fraction of sp³-hybridized carbons (Fsp3) is 0.917. The summed E-state index contributed by atoms with van der Waals surface area (Å²) in [6.07, 6.45) is 8.77. The van der Waals surface area contributed by atoms with E-state index >= 15 is 0 Å². The van der Waals surface area contributed by atoms with E-state index in [0.717, 1.165) is 31.8 Å². The minimum Gasteiger partial charge on any atom is -0.355 e. The minimum absolute atomic E-state index is 0.0769. The maximum atomic E-state index is 11.6. The quantitative estimate of drug-likeness (QED) is 0.740. The molecular formula is C12H22N2O. The first-order valence-corrected chi connectivity index (χ1v) is 6.37. The molecule has 3 heteroatoms. The predicted octanol–water partition coefficient (Wildman–Crippen LogP) is 1.43. The van der Waals surface area contributed by atoms with Gasteiger partial charge in [0.15, 0.2) is 0 Å². The second-order valence-electron chi connectivity index (χ2n) is 4.90. The Labute approximate surface area is 92.0 Å². The third-order valence-electron chi connectivity index (χ3n) is 3.66. The van der Waals surface area contributed by atoms with E-state index in [1.54, 1.807) is 0 Å². The largest absolute Gasteiger partial charge is 0.355 e. The van der Waals surface area contributed by atoms with E-state index < -0.39 is 0 Å². The van der Waals surface area contributed by atoms with Crippen molar-refractivity contribution in [3.8, 4) is 0 Å². The lowest BCUT2D eigenvalue weighted by molar-refractivity contribution is -0.122. The number of carbonyl (C=O) groups excluding carboxylic acids is 1. The number of carbonyl (C=O) groups is 1. The number of nitrogens with one attached hydrogen (secondary N) is 2. The lowest BCUT2D eigenvalue weighted by Crippen LogP contribution is -2.44. The lowest BCUT2D eigenvalue weighted by Gasteiger charge is -2.17. The highest BCUT2D eigenvalue weighted by molar-refractivity contribution is 5.81. The van der Waals surface area contributed by atoms with Gasteiger partial charge in [0.2, 0.25) is 5.91 Å². The first-order chi connectivity index (χ1) is 7.36. The van der Waals surface area contributed by atoms with Crippen molar-refractivity contribution in [1.29, 1.82) is 0 Å². The Hall–Kier alpha value is -0.570. The summed E-state index contributed by atoms with van der Waals surface area (Å²) in [5.41, 5.74) is 0. The Morgan fingerprint density at radius 2 is 1.87 bits per heavy atom. The predicted molar refractivity (Wildman–Crippen MR) is 60.6 cm³/mol. The second-order valence-corrected chi connectivity index (χ2v) is 4.90. The molecule has 2 fully saturated rings. The number of amides is 1. The average Bonchev–Trinajstić information content (AvgIpc) is 2.67. The van der Waals surface area contributed by atoms with Gasteiger partial charge in [-0.25, -0.2) is 0 Å². The molecule has 1 saturated heterocycles. The summed E-state index contributed by atoms with van der Waals surface area (Å²) in [6.45, 7) is 1.90. The Morgan fingerprint density at radius 3 is 2.67 bits per heavy atom. The van der Waals surface area contributed by atoms with E-state index in [9.17, 15) is 4.79 Å². The Balaban J connectivity index is 1.73.